The molecule has 1 aromatic carbocycles. The number of H-pyrrole nitrogens is 1. The highest BCUT2D eigenvalue weighted by molar-refractivity contribution is 5.57. The molecule has 2 N–H and O–H groups in total. The van der Waals surface area contributed by atoms with Crippen LogP contribution in [0.15, 0.2) is 36.8 Å². The Bertz CT molecular complexity index is 507. The molecule has 19 heavy (non-hydrogen) atoms. The van der Waals surface area contributed by atoms with Gasteiger partial charge in [-0.2, -0.15) is 0 Å². The Morgan fingerprint density at radius 1 is 1.32 bits per heavy atom. The smallest absolute Gasteiger partial charge is 0.0922 e. The van der Waals surface area contributed by atoms with Crippen LogP contribution in [0, 0.1) is 0 Å². The lowest BCUT2D eigenvalue weighted by Gasteiger charge is -2.19. The zero-order valence-electron chi connectivity index (χ0n) is 11.1. The molecule has 0 spiro atoms. The summed E-state index contributed by atoms with van der Waals surface area (Å²) in [5.74, 6) is 0. The second-order valence-corrected chi connectivity index (χ2v) is 4.97. The number of benzene rings is 1. The fourth-order valence-electron chi connectivity index (χ4n) is 2.64. The van der Waals surface area contributed by atoms with Crippen molar-refractivity contribution in [1.29, 1.82) is 0 Å². The van der Waals surface area contributed by atoms with E-state index in [9.17, 15) is 0 Å². The van der Waals surface area contributed by atoms with Gasteiger partial charge in [-0.05, 0) is 31.0 Å². The molecule has 100 valence electrons. The molecule has 1 aromatic heterocycles. The Morgan fingerprint density at radius 2 is 2.26 bits per heavy atom. The van der Waals surface area contributed by atoms with Crippen LogP contribution in [0.25, 0.3) is 0 Å². The van der Waals surface area contributed by atoms with E-state index >= 15 is 0 Å². The van der Waals surface area contributed by atoms with Gasteiger partial charge in [0.05, 0.1) is 6.33 Å². The van der Waals surface area contributed by atoms with Gasteiger partial charge < -0.3 is 15.2 Å². The molecule has 0 amide bonds. The lowest BCUT2D eigenvalue weighted by atomic mass is 10.2. The summed E-state index contributed by atoms with van der Waals surface area (Å²) in [4.78, 5) is 9.60. The van der Waals surface area contributed by atoms with E-state index in [1.165, 1.54) is 30.6 Å². The predicted octanol–water partition coefficient (Wildman–Crippen LogP) is 1.95. The van der Waals surface area contributed by atoms with Crippen molar-refractivity contribution in [3.05, 3.63) is 48.0 Å². The van der Waals surface area contributed by atoms with Gasteiger partial charge in [-0.25, -0.2) is 4.98 Å². The van der Waals surface area contributed by atoms with E-state index in [2.05, 4.69) is 44.5 Å². The van der Waals surface area contributed by atoms with Gasteiger partial charge in [0, 0.05) is 37.2 Å². The average Bonchev–Trinajstić information content (AvgIpc) is 3.08. The van der Waals surface area contributed by atoms with Crippen molar-refractivity contribution in [3.63, 3.8) is 0 Å². The van der Waals surface area contributed by atoms with Gasteiger partial charge in [-0.1, -0.05) is 18.2 Å². The summed E-state index contributed by atoms with van der Waals surface area (Å²) in [7, 11) is 0. The number of fused-ring (bicyclic) bond motifs is 1. The molecule has 0 saturated carbocycles. The van der Waals surface area contributed by atoms with Crippen LogP contribution in [-0.4, -0.2) is 29.6 Å². The van der Waals surface area contributed by atoms with Gasteiger partial charge in [0.1, 0.15) is 0 Å². The Morgan fingerprint density at radius 3 is 3.16 bits per heavy atom. The third kappa shape index (κ3) is 2.96. The molecule has 4 heteroatoms. The molecule has 0 unspecified atom stereocenters. The van der Waals surface area contributed by atoms with Gasteiger partial charge in [-0.3, -0.25) is 0 Å². The predicted molar refractivity (Wildman–Crippen MR) is 77.3 cm³/mol. The SMILES string of the molecule is c1ccc2c(c1)CCN2CCCNCc1cnc[nH]1. The van der Waals surface area contributed by atoms with E-state index in [4.69, 9.17) is 0 Å². The van der Waals surface area contributed by atoms with Crippen molar-refractivity contribution in [3.8, 4) is 0 Å². The number of aromatic amines is 1. The largest absolute Gasteiger partial charge is 0.371 e. The first kappa shape index (κ1) is 12.2. The van der Waals surface area contributed by atoms with E-state index in [0.717, 1.165) is 25.3 Å². The Kier molecular flexibility index (Phi) is 3.79. The quantitative estimate of drug-likeness (QED) is 0.776. The van der Waals surface area contributed by atoms with E-state index < -0.39 is 0 Å². The van der Waals surface area contributed by atoms with Crippen molar-refractivity contribution in [2.24, 2.45) is 0 Å². The van der Waals surface area contributed by atoms with Crippen LogP contribution in [0.4, 0.5) is 5.69 Å². The molecule has 4 nitrogen and oxygen atoms in total. The molecule has 0 bridgehead atoms. The molecule has 0 radical (unpaired) electrons. The van der Waals surface area contributed by atoms with E-state index in [1.807, 2.05) is 6.20 Å². The molecule has 0 atom stereocenters. The third-order valence-electron chi connectivity index (χ3n) is 3.64. The molecule has 3 rings (SSSR count). The van der Waals surface area contributed by atoms with Crippen LogP contribution < -0.4 is 10.2 Å². The number of anilines is 1. The van der Waals surface area contributed by atoms with Crippen LogP contribution in [0.5, 0.6) is 0 Å². The maximum Gasteiger partial charge on any atom is 0.0922 e. The molecular weight excluding hydrogens is 236 g/mol. The summed E-state index contributed by atoms with van der Waals surface area (Å²) < 4.78 is 0. The van der Waals surface area contributed by atoms with Gasteiger partial charge in [0.2, 0.25) is 0 Å². The Hall–Kier alpha value is -1.81. The molecule has 1 aliphatic heterocycles. The molecular formula is C15H20N4. The highest BCUT2D eigenvalue weighted by Gasteiger charge is 2.16. The standard InChI is InChI=1S/C15H20N4/c1-2-5-15-13(4-1)6-9-19(15)8-3-7-16-10-14-11-17-12-18-14/h1-2,4-5,11-12,16H,3,6-10H2,(H,17,18). The summed E-state index contributed by atoms with van der Waals surface area (Å²) in [5, 5.41) is 3.44. The van der Waals surface area contributed by atoms with Crippen molar-refractivity contribution in [2.45, 2.75) is 19.4 Å². The van der Waals surface area contributed by atoms with E-state index in [1.54, 1.807) is 6.33 Å². The third-order valence-corrected chi connectivity index (χ3v) is 3.64. The molecule has 0 saturated heterocycles. The van der Waals surface area contributed by atoms with Crippen molar-refractivity contribution in [1.82, 2.24) is 15.3 Å². The van der Waals surface area contributed by atoms with E-state index in [-0.39, 0.29) is 0 Å². The molecule has 2 heterocycles. The van der Waals surface area contributed by atoms with Gasteiger partial charge >= 0.3 is 0 Å². The normalized spacial score (nSPS) is 13.8. The van der Waals surface area contributed by atoms with Crippen LogP contribution in [0.3, 0.4) is 0 Å². The summed E-state index contributed by atoms with van der Waals surface area (Å²) in [6.45, 7) is 4.21. The zero-order chi connectivity index (χ0) is 12.9. The second kappa shape index (κ2) is 5.89. The summed E-state index contributed by atoms with van der Waals surface area (Å²) in [6, 6.07) is 8.74. The first-order chi connectivity index (χ1) is 9.43. The lowest BCUT2D eigenvalue weighted by Crippen LogP contribution is -2.25. The van der Waals surface area contributed by atoms with Crippen LogP contribution in [0.2, 0.25) is 0 Å². The number of nitrogens with one attached hydrogen (secondary N) is 2. The van der Waals surface area contributed by atoms with Crippen LogP contribution >= 0.6 is 0 Å². The first-order valence-corrected chi connectivity index (χ1v) is 6.94. The van der Waals surface area contributed by atoms with Crippen molar-refractivity contribution < 1.29 is 0 Å². The molecule has 0 fully saturated rings. The van der Waals surface area contributed by atoms with Gasteiger partial charge in [-0.15, -0.1) is 0 Å². The first-order valence-electron chi connectivity index (χ1n) is 6.94. The molecule has 1 aliphatic rings. The number of imidazole rings is 1. The number of aromatic nitrogens is 2. The van der Waals surface area contributed by atoms with Crippen LogP contribution in [-0.2, 0) is 13.0 Å². The summed E-state index contributed by atoms with van der Waals surface area (Å²) in [5.41, 5.74) is 4.07. The molecule has 2 aromatic rings. The minimum Gasteiger partial charge on any atom is -0.371 e. The summed E-state index contributed by atoms with van der Waals surface area (Å²) in [6.07, 6.45) is 5.95. The fraction of sp³-hybridized carbons (Fsp3) is 0.400. The van der Waals surface area contributed by atoms with Gasteiger partial charge in [0.25, 0.3) is 0 Å². The number of hydrogen-bond acceptors (Lipinski definition) is 3. The Labute approximate surface area is 113 Å². The highest BCUT2D eigenvalue weighted by Crippen LogP contribution is 2.27. The zero-order valence-corrected chi connectivity index (χ0v) is 11.1. The minimum atomic E-state index is 0.872. The van der Waals surface area contributed by atoms with Crippen molar-refractivity contribution in [2.75, 3.05) is 24.5 Å². The number of nitrogens with zero attached hydrogens (tertiary/aromatic N) is 2. The Balaban J connectivity index is 1.39. The fourth-order valence-corrected chi connectivity index (χ4v) is 2.64. The highest BCUT2D eigenvalue weighted by atomic mass is 15.1. The number of rotatable bonds is 6. The minimum absolute atomic E-state index is 0.872. The van der Waals surface area contributed by atoms with Crippen molar-refractivity contribution >= 4 is 5.69 Å². The second-order valence-electron chi connectivity index (χ2n) is 4.97. The van der Waals surface area contributed by atoms with Crippen LogP contribution in [0.1, 0.15) is 17.7 Å². The maximum absolute atomic E-state index is 4.01. The average molecular weight is 256 g/mol. The number of para-hydroxylation sites is 1. The molecule has 0 aliphatic carbocycles. The lowest BCUT2D eigenvalue weighted by molar-refractivity contribution is 0.632. The number of hydrogen-bond donors (Lipinski definition) is 2. The van der Waals surface area contributed by atoms with E-state index in [0.29, 0.717) is 0 Å². The summed E-state index contributed by atoms with van der Waals surface area (Å²) >= 11 is 0. The monoisotopic (exact) mass is 256 g/mol. The topological polar surface area (TPSA) is 44.0 Å². The van der Waals surface area contributed by atoms with Gasteiger partial charge in [0.15, 0.2) is 0 Å². The maximum atomic E-state index is 4.01.